The molecule has 188 valence electrons. The molecule has 1 aliphatic rings. The van der Waals surface area contributed by atoms with Crippen molar-refractivity contribution in [2.75, 3.05) is 31.5 Å². The summed E-state index contributed by atoms with van der Waals surface area (Å²) in [5.74, 6) is 0.843. The lowest BCUT2D eigenvalue weighted by Gasteiger charge is -2.26. The van der Waals surface area contributed by atoms with Gasteiger partial charge in [0.2, 0.25) is 5.91 Å². The molecule has 4 heterocycles. The van der Waals surface area contributed by atoms with E-state index >= 15 is 0 Å². The van der Waals surface area contributed by atoms with Crippen LogP contribution < -0.4 is 16.4 Å². The highest BCUT2D eigenvalue weighted by Gasteiger charge is 2.19. The lowest BCUT2D eigenvalue weighted by Crippen LogP contribution is -2.43. The summed E-state index contributed by atoms with van der Waals surface area (Å²) < 4.78 is 3.99. The lowest BCUT2D eigenvalue weighted by atomic mass is 10.1. The Balaban J connectivity index is 1.48. The predicted octanol–water partition coefficient (Wildman–Crippen LogP) is 3.10. The van der Waals surface area contributed by atoms with Gasteiger partial charge in [-0.2, -0.15) is 4.98 Å². The molecule has 0 bridgehead atoms. The molecule has 9 nitrogen and oxygen atoms in total. The quantitative estimate of drug-likeness (QED) is 0.321. The number of nitrogens with two attached hydrogens (primary N) is 1. The minimum Gasteiger partial charge on any atom is -0.366 e. The third kappa shape index (κ3) is 4.43. The number of primary amides is 1. The fourth-order valence-electron chi connectivity index (χ4n) is 5.11. The van der Waals surface area contributed by atoms with Crippen LogP contribution >= 0.6 is 0 Å². The number of carbonyl (C=O) groups is 1. The molecule has 1 fully saturated rings. The molecule has 4 N–H and O–H groups in total. The summed E-state index contributed by atoms with van der Waals surface area (Å²) in [5.41, 5.74) is 11.1. The van der Waals surface area contributed by atoms with Crippen LogP contribution in [0.1, 0.15) is 27.3 Å². The molecule has 0 saturated carbocycles. The Morgan fingerprint density at radius 1 is 1.03 bits per heavy atom. The van der Waals surface area contributed by atoms with Crippen LogP contribution in [0.4, 0.5) is 5.82 Å². The Morgan fingerprint density at radius 2 is 1.84 bits per heavy atom. The minimum absolute atomic E-state index is 0.451. The van der Waals surface area contributed by atoms with E-state index in [2.05, 4.69) is 39.8 Å². The first kappa shape index (κ1) is 23.2. The van der Waals surface area contributed by atoms with Crippen molar-refractivity contribution in [2.45, 2.75) is 20.0 Å². The van der Waals surface area contributed by atoms with E-state index in [1.165, 1.54) is 5.56 Å². The fourth-order valence-corrected chi connectivity index (χ4v) is 5.11. The number of benzene rings is 2. The minimum atomic E-state index is -0.451. The van der Waals surface area contributed by atoms with Crippen LogP contribution in [0, 0.1) is 6.92 Å². The molecule has 0 spiro atoms. The number of aryl methyl sites for hydroxylation is 1. The van der Waals surface area contributed by atoms with Crippen molar-refractivity contribution in [1.82, 2.24) is 29.4 Å². The van der Waals surface area contributed by atoms with E-state index in [4.69, 9.17) is 15.8 Å². The number of nitrogens with zero attached hydrogens (tertiary/aromatic N) is 5. The number of nitrogens with one attached hydrogen (secondary N) is 2. The van der Waals surface area contributed by atoms with E-state index in [0.29, 0.717) is 18.1 Å². The predicted molar refractivity (Wildman–Crippen MR) is 145 cm³/mol. The van der Waals surface area contributed by atoms with E-state index in [0.717, 1.165) is 66.3 Å². The Hall–Kier alpha value is -4.21. The van der Waals surface area contributed by atoms with Gasteiger partial charge in [-0.3, -0.25) is 14.3 Å². The molecule has 9 heteroatoms. The summed E-state index contributed by atoms with van der Waals surface area (Å²) in [7, 11) is 0. The zero-order valence-corrected chi connectivity index (χ0v) is 20.8. The zero-order chi connectivity index (χ0) is 25.4. The maximum absolute atomic E-state index is 12.1. The van der Waals surface area contributed by atoms with E-state index in [1.54, 1.807) is 6.07 Å². The SMILES string of the molecule is Cc1cc2c(C(N)=O)cccc2n1-c1nc(NCc2ccccc2)c2ccc(CN3CCNCC3)n2n1. The van der Waals surface area contributed by atoms with E-state index < -0.39 is 5.91 Å². The number of hydrogen-bond acceptors (Lipinski definition) is 6. The van der Waals surface area contributed by atoms with Crippen molar-refractivity contribution >= 4 is 28.1 Å². The molecule has 1 saturated heterocycles. The van der Waals surface area contributed by atoms with Gasteiger partial charge in [-0.1, -0.05) is 36.4 Å². The van der Waals surface area contributed by atoms with Crippen LogP contribution in [0.5, 0.6) is 0 Å². The summed E-state index contributed by atoms with van der Waals surface area (Å²) >= 11 is 0. The number of piperazine rings is 1. The van der Waals surface area contributed by atoms with Crippen LogP contribution in [0.2, 0.25) is 0 Å². The van der Waals surface area contributed by atoms with Gasteiger partial charge in [-0.25, -0.2) is 4.52 Å². The number of anilines is 1. The second-order valence-electron chi connectivity index (χ2n) is 9.47. The van der Waals surface area contributed by atoms with Gasteiger partial charge < -0.3 is 16.4 Å². The van der Waals surface area contributed by atoms with Gasteiger partial charge >= 0.3 is 0 Å². The van der Waals surface area contributed by atoms with E-state index in [9.17, 15) is 4.79 Å². The first-order valence-electron chi connectivity index (χ1n) is 12.6. The number of rotatable bonds is 7. The van der Waals surface area contributed by atoms with Crippen LogP contribution in [0.3, 0.4) is 0 Å². The van der Waals surface area contributed by atoms with Gasteiger partial charge in [0.05, 0.1) is 11.2 Å². The number of amides is 1. The topological polar surface area (TPSA) is 106 Å². The van der Waals surface area contributed by atoms with E-state index in [-0.39, 0.29) is 0 Å². The normalized spacial score (nSPS) is 14.4. The van der Waals surface area contributed by atoms with Crippen LogP contribution in [-0.2, 0) is 13.1 Å². The van der Waals surface area contributed by atoms with Crippen molar-refractivity contribution < 1.29 is 4.79 Å². The number of carbonyl (C=O) groups excluding carboxylic acids is 1. The first-order chi connectivity index (χ1) is 18.1. The molecular formula is C28H30N8O. The van der Waals surface area contributed by atoms with Crippen LogP contribution in [0.15, 0.2) is 66.7 Å². The largest absolute Gasteiger partial charge is 0.366 e. The monoisotopic (exact) mass is 494 g/mol. The molecule has 1 amide bonds. The van der Waals surface area contributed by atoms with Gasteiger partial charge in [-0.15, -0.1) is 5.10 Å². The summed E-state index contributed by atoms with van der Waals surface area (Å²) in [6, 6.07) is 22.0. The molecule has 2 aromatic carbocycles. The Bertz CT molecular complexity index is 1580. The van der Waals surface area contributed by atoms with Gasteiger partial charge in [0, 0.05) is 55.9 Å². The van der Waals surface area contributed by atoms with Gasteiger partial charge in [0.15, 0.2) is 5.82 Å². The molecule has 0 radical (unpaired) electrons. The molecule has 1 aliphatic heterocycles. The highest BCUT2D eigenvalue weighted by molar-refractivity contribution is 6.06. The maximum atomic E-state index is 12.1. The third-order valence-corrected chi connectivity index (χ3v) is 6.97. The maximum Gasteiger partial charge on any atom is 0.254 e. The van der Waals surface area contributed by atoms with Gasteiger partial charge in [0.25, 0.3) is 5.95 Å². The highest BCUT2D eigenvalue weighted by Crippen LogP contribution is 2.27. The molecule has 0 aliphatic carbocycles. The smallest absolute Gasteiger partial charge is 0.254 e. The van der Waals surface area contributed by atoms with Crippen molar-refractivity contribution in [2.24, 2.45) is 5.73 Å². The average molecular weight is 495 g/mol. The summed E-state index contributed by atoms with van der Waals surface area (Å²) in [6.45, 7) is 7.42. The van der Waals surface area contributed by atoms with E-state index in [1.807, 2.05) is 52.4 Å². The molecule has 37 heavy (non-hydrogen) atoms. The van der Waals surface area contributed by atoms with Crippen molar-refractivity contribution in [3.8, 4) is 5.95 Å². The molecular weight excluding hydrogens is 464 g/mol. The van der Waals surface area contributed by atoms with Crippen molar-refractivity contribution in [3.63, 3.8) is 0 Å². The summed E-state index contributed by atoms with van der Waals surface area (Å²) in [6.07, 6.45) is 0. The number of aromatic nitrogens is 4. The molecule has 3 aromatic heterocycles. The van der Waals surface area contributed by atoms with Crippen LogP contribution in [-0.4, -0.2) is 56.2 Å². The van der Waals surface area contributed by atoms with Crippen molar-refractivity contribution in [3.05, 3.63) is 89.2 Å². The number of hydrogen-bond donors (Lipinski definition) is 3. The van der Waals surface area contributed by atoms with Crippen LogP contribution in [0.25, 0.3) is 22.4 Å². The van der Waals surface area contributed by atoms with Crippen molar-refractivity contribution in [1.29, 1.82) is 0 Å². The third-order valence-electron chi connectivity index (χ3n) is 6.97. The molecule has 5 aromatic rings. The Kier molecular flexibility index (Phi) is 6.07. The summed E-state index contributed by atoms with van der Waals surface area (Å²) in [4.78, 5) is 19.5. The first-order valence-corrected chi connectivity index (χ1v) is 12.6. The van der Waals surface area contributed by atoms with Gasteiger partial charge in [0.1, 0.15) is 5.52 Å². The summed E-state index contributed by atoms with van der Waals surface area (Å²) in [5, 5.41) is 12.8. The Morgan fingerprint density at radius 3 is 2.62 bits per heavy atom. The van der Waals surface area contributed by atoms with Gasteiger partial charge in [-0.05, 0) is 42.8 Å². The second kappa shape index (κ2) is 9.68. The molecule has 0 unspecified atom stereocenters. The molecule has 6 rings (SSSR count). The number of fused-ring (bicyclic) bond motifs is 2. The average Bonchev–Trinajstić information content (AvgIpc) is 3.48. The fraction of sp³-hybridized carbons (Fsp3) is 0.250. The standard InChI is InChI=1S/C28H30N8O/c1-19-16-23-22(26(29)37)8-5-9-24(23)35(19)28-32-27(31-17-20-6-3-2-4-7-20)25-11-10-21(36(25)33-28)18-34-14-12-30-13-15-34/h2-11,16,30H,12-15,17-18H2,1H3,(H2,29,37)(H,31,32,33). The lowest BCUT2D eigenvalue weighted by molar-refractivity contribution is 0.100. The highest BCUT2D eigenvalue weighted by atomic mass is 16.1. The second-order valence-corrected chi connectivity index (χ2v) is 9.47. The molecule has 0 atom stereocenters. The Labute approximate surface area is 214 Å². The zero-order valence-electron chi connectivity index (χ0n) is 20.8.